The van der Waals surface area contributed by atoms with Crippen LogP contribution in [0.25, 0.3) is 21.1 Å². The molecule has 0 aliphatic heterocycles. The van der Waals surface area contributed by atoms with Crippen LogP contribution in [0.1, 0.15) is 43.9 Å². The van der Waals surface area contributed by atoms with Crippen molar-refractivity contribution in [3.63, 3.8) is 0 Å². The van der Waals surface area contributed by atoms with Crippen molar-refractivity contribution in [3.05, 3.63) is 47.5 Å². The maximum Gasteiger partial charge on any atom is 0.234 e. The third-order valence-electron chi connectivity index (χ3n) is 5.44. The number of amides is 1. The first-order valence-corrected chi connectivity index (χ1v) is 13.4. The van der Waals surface area contributed by atoms with Crippen LogP contribution in [-0.4, -0.2) is 36.4 Å². The van der Waals surface area contributed by atoms with Gasteiger partial charge in [-0.25, -0.2) is 13.1 Å². The maximum atomic E-state index is 12.3. The van der Waals surface area contributed by atoms with Crippen LogP contribution in [0.4, 0.5) is 5.69 Å². The Morgan fingerprint density at radius 2 is 2.00 bits per heavy atom. The SMILES string of the molecule is CC(C)Oc1ccc(-c2nnc(-c3cccc4c3CCC[C@@H]4NS(=O)(=O)CC(N)=O)s2)cc1N. The van der Waals surface area contributed by atoms with Crippen LogP contribution in [0.15, 0.2) is 36.4 Å². The molecule has 1 atom stereocenters. The number of anilines is 1. The summed E-state index contributed by atoms with van der Waals surface area (Å²) < 4.78 is 32.9. The molecule has 1 aliphatic rings. The normalized spacial score (nSPS) is 15.8. The van der Waals surface area contributed by atoms with E-state index in [1.807, 2.05) is 50.2 Å². The van der Waals surface area contributed by atoms with Crippen molar-refractivity contribution in [2.24, 2.45) is 5.73 Å². The van der Waals surface area contributed by atoms with E-state index < -0.39 is 27.7 Å². The number of carbonyl (C=O) groups is 1. The Labute approximate surface area is 202 Å². The van der Waals surface area contributed by atoms with Gasteiger partial charge in [0.1, 0.15) is 21.5 Å². The monoisotopic (exact) mass is 501 g/mol. The molecule has 1 amide bonds. The summed E-state index contributed by atoms with van der Waals surface area (Å²) in [5, 5.41) is 10.2. The average Bonchev–Trinajstić information content (AvgIpc) is 3.23. The third-order valence-corrected chi connectivity index (χ3v) is 7.75. The molecule has 1 aliphatic carbocycles. The fourth-order valence-electron chi connectivity index (χ4n) is 4.11. The topological polar surface area (TPSA) is 150 Å². The lowest BCUT2D eigenvalue weighted by atomic mass is 9.85. The van der Waals surface area contributed by atoms with Gasteiger partial charge in [0.25, 0.3) is 0 Å². The number of carbonyl (C=O) groups excluding carboxylic acids is 1. The maximum absolute atomic E-state index is 12.3. The number of aromatic nitrogens is 2. The first-order chi connectivity index (χ1) is 16.1. The van der Waals surface area contributed by atoms with Crippen molar-refractivity contribution in [2.45, 2.75) is 45.3 Å². The summed E-state index contributed by atoms with van der Waals surface area (Å²) in [4.78, 5) is 11.1. The van der Waals surface area contributed by atoms with Crippen LogP contribution >= 0.6 is 11.3 Å². The molecule has 2 aromatic carbocycles. The minimum absolute atomic E-state index is 0.0228. The van der Waals surface area contributed by atoms with E-state index in [0.717, 1.165) is 45.1 Å². The predicted molar refractivity (Wildman–Crippen MR) is 133 cm³/mol. The quantitative estimate of drug-likeness (QED) is 0.401. The largest absolute Gasteiger partial charge is 0.489 e. The molecule has 5 N–H and O–H groups in total. The summed E-state index contributed by atoms with van der Waals surface area (Å²) in [5.74, 6) is -0.990. The van der Waals surface area contributed by atoms with E-state index >= 15 is 0 Å². The number of hydrogen-bond donors (Lipinski definition) is 3. The molecule has 1 aromatic heterocycles. The Kier molecular flexibility index (Phi) is 6.87. The van der Waals surface area contributed by atoms with Crippen LogP contribution in [-0.2, 0) is 21.2 Å². The number of ether oxygens (including phenoxy) is 1. The number of sulfonamides is 1. The van der Waals surface area contributed by atoms with Crippen LogP contribution in [0.3, 0.4) is 0 Å². The lowest BCUT2D eigenvalue weighted by Gasteiger charge is -2.27. The van der Waals surface area contributed by atoms with Crippen molar-refractivity contribution in [3.8, 4) is 26.9 Å². The number of nitrogens with two attached hydrogens (primary N) is 2. The Morgan fingerprint density at radius 1 is 1.24 bits per heavy atom. The van der Waals surface area contributed by atoms with Crippen LogP contribution < -0.4 is 20.9 Å². The number of nitrogens with zero attached hydrogens (tertiary/aromatic N) is 2. The summed E-state index contributed by atoms with van der Waals surface area (Å²) in [6, 6.07) is 10.9. The molecule has 180 valence electrons. The average molecular weight is 502 g/mol. The first kappa shape index (κ1) is 24.1. The van der Waals surface area contributed by atoms with Gasteiger partial charge < -0.3 is 16.2 Å². The second kappa shape index (κ2) is 9.69. The number of nitrogen functional groups attached to an aromatic ring is 1. The van der Waals surface area contributed by atoms with Crippen LogP contribution in [0.5, 0.6) is 5.75 Å². The van der Waals surface area contributed by atoms with Gasteiger partial charge in [-0.1, -0.05) is 29.5 Å². The number of nitrogens with one attached hydrogen (secondary N) is 1. The van der Waals surface area contributed by atoms with Gasteiger partial charge in [0.15, 0.2) is 0 Å². The van der Waals surface area contributed by atoms with Crippen LogP contribution in [0.2, 0.25) is 0 Å². The molecular formula is C23H27N5O4S2. The standard InChI is InChI=1S/C23H27N5O4S2/c1-13(2)32-20-10-9-14(11-18(20)24)22-26-27-23(33-22)17-7-3-6-16-15(17)5-4-8-19(16)28-34(30,31)12-21(25)29/h3,6-7,9-11,13,19,28H,4-5,8,12,24H2,1-2H3,(H2,25,29)/t19-/m0/s1. The van der Waals surface area contributed by atoms with E-state index in [1.165, 1.54) is 11.3 Å². The second-order valence-corrected chi connectivity index (χ2v) is 11.2. The Hall–Kier alpha value is -3.02. The van der Waals surface area contributed by atoms with Gasteiger partial charge in [0, 0.05) is 17.2 Å². The molecule has 1 heterocycles. The minimum Gasteiger partial charge on any atom is -0.489 e. The van der Waals surface area contributed by atoms with Crippen LogP contribution in [0, 0.1) is 0 Å². The van der Waals surface area contributed by atoms with Gasteiger partial charge in [0.05, 0.1) is 11.8 Å². The van der Waals surface area contributed by atoms with Crippen molar-refractivity contribution in [1.29, 1.82) is 0 Å². The highest BCUT2D eigenvalue weighted by Crippen LogP contribution is 2.39. The highest BCUT2D eigenvalue weighted by molar-refractivity contribution is 7.90. The van der Waals surface area contributed by atoms with Gasteiger partial charge >= 0.3 is 0 Å². The molecule has 11 heteroatoms. The number of fused-ring (bicyclic) bond motifs is 1. The molecule has 0 bridgehead atoms. The zero-order valence-electron chi connectivity index (χ0n) is 18.9. The third kappa shape index (κ3) is 5.37. The molecule has 0 saturated heterocycles. The molecule has 0 unspecified atom stereocenters. The van der Waals surface area contributed by atoms with E-state index in [0.29, 0.717) is 17.9 Å². The zero-order chi connectivity index (χ0) is 24.5. The fraction of sp³-hybridized carbons (Fsp3) is 0.348. The molecule has 3 aromatic rings. The lowest BCUT2D eigenvalue weighted by Crippen LogP contribution is -2.37. The van der Waals surface area contributed by atoms with E-state index in [4.69, 9.17) is 16.2 Å². The number of hydrogen-bond acceptors (Lipinski definition) is 8. The van der Waals surface area contributed by atoms with E-state index in [2.05, 4.69) is 14.9 Å². The van der Waals surface area contributed by atoms with Gasteiger partial charge in [0.2, 0.25) is 15.9 Å². The fourth-order valence-corrected chi connectivity index (χ4v) is 6.14. The highest BCUT2D eigenvalue weighted by Gasteiger charge is 2.28. The molecule has 9 nitrogen and oxygen atoms in total. The lowest BCUT2D eigenvalue weighted by molar-refractivity contribution is -0.115. The van der Waals surface area contributed by atoms with Gasteiger partial charge in [-0.15, -0.1) is 10.2 Å². The predicted octanol–water partition coefficient (Wildman–Crippen LogP) is 3.02. The smallest absolute Gasteiger partial charge is 0.234 e. The Morgan fingerprint density at radius 3 is 2.71 bits per heavy atom. The molecule has 0 saturated carbocycles. The summed E-state index contributed by atoms with van der Waals surface area (Å²) in [7, 11) is -3.82. The molecule has 0 radical (unpaired) electrons. The van der Waals surface area contributed by atoms with Crippen molar-refractivity contribution in [2.75, 3.05) is 11.5 Å². The van der Waals surface area contributed by atoms with Gasteiger partial charge in [-0.05, 0) is 62.4 Å². The number of benzene rings is 2. The molecule has 34 heavy (non-hydrogen) atoms. The van der Waals surface area contributed by atoms with E-state index in [9.17, 15) is 13.2 Å². The van der Waals surface area contributed by atoms with Crippen molar-refractivity contribution >= 4 is 33.0 Å². The zero-order valence-corrected chi connectivity index (χ0v) is 20.6. The summed E-state index contributed by atoms with van der Waals surface area (Å²) in [6.07, 6.45) is 2.25. The molecule has 4 rings (SSSR count). The first-order valence-electron chi connectivity index (χ1n) is 10.9. The molecule has 0 fully saturated rings. The Balaban J connectivity index is 1.63. The van der Waals surface area contributed by atoms with Crippen molar-refractivity contribution < 1.29 is 17.9 Å². The van der Waals surface area contributed by atoms with Gasteiger partial charge in [-0.3, -0.25) is 4.79 Å². The second-order valence-electron chi connectivity index (χ2n) is 8.49. The molecule has 0 spiro atoms. The number of primary amides is 1. The summed E-state index contributed by atoms with van der Waals surface area (Å²) >= 11 is 1.44. The Bertz CT molecular complexity index is 1320. The highest BCUT2D eigenvalue weighted by atomic mass is 32.2. The van der Waals surface area contributed by atoms with Crippen molar-refractivity contribution in [1.82, 2.24) is 14.9 Å². The molecular weight excluding hydrogens is 474 g/mol. The van der Waals surface area contributed by atoms with Gasteiger partial charge in [-0.2, -0.15) is 0 Å². The summed E-state index contributed by atoms with van der Waals surface area (Å²) in [6.45, 7) is 3.89. The summed E-state index contributed by atoms with van der Waals surface area (Å²) in [5.41, 5.74) is 15.5. The van der Waals surface area contributed by atoms with E-state index in [-0.39, 0.29) is 6.10 Å². The van der Waals surface area contributed by atoms with E-state index in [1.54, 1.807) is 0 Å². The number of rotatable bonds is 8. The minimum atomic E-state index is -3.82.